The fourth-order valence-electron chi connectivity index (χ4n) is 1.86. The topological polar surface area (TPSA) is 50.2 Å². The van der Waals surface area contributed by atoms with Gasteiger partial charge in [-0.25, -0.2) is 4.98 Å². The second-order valence-electron chi connectivity index (χ2n) is 4.62. The average molecular weight is 264 g/mol. The SMILES string of the molecule is CC(C)c1ccc2nc(Cl)c(CC(=O)O)cc2c1. The molecule has 1 aromatic heterocycles. The molecule has 1 aromatic carbocycles. The van der Waals surface area contributed by atoms with Crippen LogP contribution in [-0.2, 0) is 11.2 Å². The summed E-state index contributed by atoms with van der Waals surface area (Å²) in [5.74, 6) is -0.480. The summed E-state index contributed by atoms with van der Waals surface area (Å²) >= 11 is 5.98. The van der Waals surface area contributed by atoms with Crippen LogP contribution in [0.5, 0.6) is 0 Å². The zero-order valence-electron chi connectivity index (χ0n) is 10.3. The predicted octanol–water partition coefficient (Wildman–Crippen LogP) is 3.64. The first-order valence-electron chi connectivity index (χ1n) is 5.78. The normalized spacial score (nSPS) is 11.1. The molecule has 0 aliphatic rings. The van der Waals surface area contributed by atoms with Crippen LogP contribution in [0.1, 0.15) is 30.9 Å². The van der Waals surface area contributed by atoms with E-state index in [0.717, 1.165) is 10.9 Å². The number of hydrogen-bond donors (Lipinski definition) is 1. The first-order chi connectivity index (χ1) is 8.47. The van der Waals surface area contributed by atoms with Gasteiger partial charge in [-0.15, -0.1) is 0 Å². The molecule has 0 bridgehead atoms. The maximum absolute atomic E-state index is 10.7. The average Bonchev–Trinajstić information content (AvgIpc) is 2.28. The summed E-state index contributed by atoms with van der Waals surface area (Å²) in [6.07, 6.45) is -0.103. The number of aliphatic carboxylic acids is 1. The van der Waals surface area contributed by atoms with Crippen LogP contribution in [0.2, 0.25) is 5.15 Å². The van der Waals surface area contributed by atoms with E-state index in [1.54, 1.807) is 0 Å². The number of halogens is 1. The van der Waals surface area contributed by atoms with E-state index in [0.29, 0.717) is 11.5 Å². The van der Waals surface area contributed by atoms with Gasteiger partial charge in [0.25, 0.3) is 0 Å². The smallest absolute Gasteiger partial charge is 0.307 e. The summed E-state index contributed by atoms with van der Waals surface area (Å²) in [5, 5.41) is 10.0. The fraction of sp³-hybridized carbons (Fsp3) is 0.286. The summed E-state index contributed by atoms with van der Waals surface area (Å²) in [7, 11) is 0. The Balaban J connectivity index is 2.55. The van der Waals surface area contributed by atoms with Crippen molar-refractivity contribution in [2.75, 3.05) is 0 Å². The standard InChI is InChI=1S/C14H14ClNO2/c1-8(2)9-3-4-12-10(5-9)6-11(7-13(17)18)14(15)16-12/h3-6,8H,7H2,1-2H3,(H,17,18). The van der Waals surface area contributed by atoms with E-state index in [-0.39, 0.29) is 11.6 Å². The molecule has 4 heteroatoms. The first kappa shape index (κ1) is 12.8. The van der Waals surface area contributed by atoms with E-state index >= 15 is 0 Å². The summed E-state index contributed by atoms with van der Waals surface area (Å²) < 4.78 is 0. The monoisotopic (exact) mass is 263 g/mol. The minimum absolute atomic E-state index is 0.103. The van der Waals surface area contributed by atoms with Crippen molar-refractivity contribution in [3.8, 4) is 0 Å². The van der Waals surface area contributed by atoms with Crippen LogP contribution in [0.3, 0.4) is 0 Å². The maximum atomic E-state index is 10.7. The van der Waals surface area contributed by atoms with Crippen molar-refractivity contribution in [2.24, 2.45) is 0 Å². The molecule has 0 radical (unpaired) electrons. The van der Waals surface area contributed by atoms with Gasteiger partial charge in [0, 0.05) is 10.9 Å². The van der Waals surface area contributed by atoms with Crippen LogP contribution in [0.15, 0.2) is 24.3 Å². The number of carboxylic acids is 1. The second kappa shape index (κ2) is 4.94. The molecular formula is C14H14ClNO2. The zero-order valence-corrected chi connectivity index (χ0v) is 11.0. The quantitative estimate of drug-likeness (QED) is 0.860. The number of carboxylic acid groups (broad SMARTS) is 1. The number of pyridine rings is 1. The third-order valence-electron chi connectivity index (χ3n) is 2.87. The molecule has 0 atom stereocenters. The van der Waals surface area contributed by atoms with Gasteiger partial charge in [-0.1, -0.05) is 31.5 Å². The lowest BCUT2D eigenvalue weighted by molar-refractivity contribution is -0.136. The number of carbonyl (C=O) groups is 1. The van der Waals surface area contributed by atoms with Crippen molar-refractivity contribution >= 4 is 28.5 Å². The minimum Gasteiger partial charge on any atom is -0.481 e. The summed E-state index contributed by atoms with van der Waals surface area (Å²) in [4.78, 5) is 15.0. The number of hydrogen-bond acceptors (Lipinski definition) is 2. The highest BCUT2D eigenvalue weighted by Crippen LogP contribution is 2.24. The lowest BCUT2D eigenvalue weighted by Gasteiger charge is -2.08. The van der Waals surface area contributed by atoms with Crippen molar-refractivity contribution in [3.63, 3.8) is 0 Å². The van der Waals surface area contributed by atoms with Crippen LogP contribution in [-0.4, -0.2) is 16.1 Å². The second-order valence-corrected chi connectivity index (χ2v) is 4.97. The molecule has 94 valence electrons. The van der Waals surface area contributed by atoms with Gasteiger partial charge in [0.15, 0.2) is 0 Å². The summed E-state index contributed by atoms with van der Waals surface area (Å²) in [6, 6.07) is 7.79. The molecule has 3 nitrogen and oxygen atoms in total. The zero-order chi connectivity index (χ0) is 13.3. The van der Waals surface area contributed by atoms with Crippen molar-refractivity contribution in [1.29, 1.82) is 0 Å². The predicted molar refractivity (Wildman–Crippen MR) is 72.2 cm³/mol. The molecule has 0 amide bonds. The van der Waals surface area contributed by atoms with E-state index in [9.17, 15) is 4.79 Å². The van der Waals surface area contributed by atoms with Crippen molar-refractivity contribution in [2.45, 2.75) is 26.2 Å². The van der Waals surface area contributed by atoms with Gasteiger partial charge in [0.05, 0.1) is 11.9 Å². The Morgan fingerprint density at radius 1 is 1.39 bits per heavy atom. The largest absolute Gasteiger partial charge is 0.481 e. The summed E-state index contributed by atoms with van der Waals surface area (Å²) in [6.45, 7) is 4.23. The first-order valence-corrected chi connectivity index (χ1v) is 6.16. The van der Waals surface area contributed by atoms with Gasteiger partial charge in [0.1, 0.15) is 5.15 Å². The third-order valence-corrected chi connectivity index (χ3v) is 3.20. The van der Waals surface area contributed by atoms with E-state index in [1.807, 2.05) is 24.3 Å². The molecule has 18 heavy (non-hydrogen) atoms. The molecule has 2 rings (SSSR count). The number of nitrogens with zero attached hydrogens (tertiary/aromatic N) is 1. The van der Waals surface area contributed by atoms with E-state index in [4.69, 9.17) is 16.7 Å². The Morgan fingerprint density at radius 2 is 2.11 bits per heavy atom. The highest BCUT2D eigenvalue weighted by atomic mass is 35.5. The van der Waals surface area contributed by atoms with E-state index < -0.39 is 5.97 Å². The molecular weight excluding hydrogens is 250 g/mol. The van der Waals surface area contributed by atoms with E-state index in [1.165, 1.54) is 5.56 Å². The van der Waals surface area contributed by atoms with Gasteiger partial charge in [0.2, 0.25) is 0 Å². The molecule has 0 aliphatic carbocycles. The van der Waals surface area contributed by atoms with Crippen molar-refractivity contribution in [3.05, 3.63) is 40.5 Å². The van der Waals surface area contributed by atoms with Crippen LogP contribution < -0.4 is 0 Å². The van der Waals surface area contributed by atoms with Crippen LogP contribution >= 0.6 is 11.6 Å². The van der Waals surface area contributed by atoms with Crippen molar-refractivity contribution < 1.29 is 9.90 Å². The fourth-order valence-corrected chi connectivity index (χ4v) is 2.07. The molecule has 2 aromatic rings. The lowest BCUT2D eigenvalue weighted by atomic mass is 10.0. The van der Waals surface area contributed by atoms with Crippen molar-refractivity contribution in [1.82, 2.24) is 4.98 Å². The third kappa shape index (κ3) is 2.62. The Hall–Kier alpha value is -1.61. The van der Waals surface area contributed by atoms with Gasteiger partial charge in [-0.3, -0.25) is 4.79 Å². The Kier molecular flexibility index (Phi) is 3.53. The molecule has 1 N–H and O–H groups in total. The number of aromatic nitrogens is 1. The lowest BCUT2D eigenvalue weighted by Crippen LogP contribution is -2.02. The Morgan fingerprint density at radius 3 is 2.72 bits per heavy atom. The maximum Gasteiger partial charge on any atom is 0.307 e. The molecule has 1 heterocycles. The minimum atomic E-state index is -0.905. The Bertz CT molecular complexity index is 608. The van der Waals surface area contributed by atoms with Crippen LogP contribution in [0, 0.1) is 0 Å². The van der Waals surface area contributed by atoms with Gasteiger partial charge < -0.3 is 5.11 Å². The summed E-state index contributed by atoms with van der Waals surface area (Å²) in [5.41, 5.74) is 2.55. The number of fused-ring (bicyclic) bond motifs is 1. The van der Waals surface area contributed by atoms with Crippen LogP contribution in [0.25, 0.3) is 10.9 Å². The molecule has 0 unspecified atom stereocenters. The van der Waals surface area contributed by atoms with Gasteiger partial charge in [-0.05, 0) is 29.7 Å². The molecule has 0 aliphatic heterocycles. The van der Waals surface area contributed by atoms with Gasteiger partial charge >= 0.3 is 5.97 Å². The van der Waals surface area contributed by atoms with E-state index in [2.05, 4.69) is 18.8 Å². The van der Waals surface area contributed by atoms with Crippen LogP contribution in [0.4, 0.5) is 0 Å². The molecule has 0 saturated carbocycles. The molecule has 0 spiro atoms. The Labute approximate surface area is 110 Å². The highest BCUT2D eigenvalue weighted by Gasteiger charge is 2.09. The molecule has 0 saturated heterocycles. The number of benzene rings is 1. The number of rotatable bonds is 3. The highest BCUT2D eigenvalue weighted by molar-refractivity contribution is 6.30. The van der Waals surface area contributed by atoms with Gasteiger partial charge in [-0.2, -0.15) is 0 Å². The molecule has 0 fully saturated rings.